The smallest absolute Gasteiger partial charge is 0.115 e. The third-order valence-corrected chi connectivity index (χ3v) is 3.56. The predicted octanol–water partition coefficient (Wildman–Crippen LogP) is 2.77. The van der Waals surface area contributed by atoms with Crippen LogP contribution in [0, 0.1) is 0 Å². The number of aliphatic hydroxyl groups excluding tert-OH is 1. The number of thiazole rings is 1. The van der Waals surface area contributed by atoms with Crippen molar-refractivity contribution in [2.75, 3.05) is 0 Å². The van der Waals surface area contributed by atoms with Crippen LogP contribution in [0.15, 0.2) is 48.4 Å². The van der Waals surface area contributed by atoms with Crippen LogP contribution in [0.2, 0.25) is 0 Å². The minimum Gasteiger partial charge on any atom is -0.383 e. The summed E-state index contributed by atoms with van der Waals surface area (Å²) < 4.78 is 0. The highest BCUT2D eigenvalue weighted by Crippen LogP contribution is 2.29. The Hall–Kier alpha value is -1.78. The van der Waals surface area contributed by atoms with Crippen molar-refractivity contribution in [1.29, 1.82) is 0 Å². The minimum atomic E-state index is -0.617. The van der Waals surface area contributed by atoms with Crippen molar-refractivity contribution < 1.29 is 5.11 Å². The Morgan fingerprint density at radius 1 is 1.12 bits per heavy atom. The van der Waals surface area contributed by atoms with Crippen LogP contribution in [-0.4, -0.2) is 15.1 Å². The van der Waals surface area contributed by atoms with E-state index in [0.29, 0.717) is 0 Å². The fourth-order valence-electron chi connectivity index (χ4n) is 1.90. The Morgan fingerprint density at radius 3 is 2.88 bits per heavy atom. The number of nitrogens with zero attached hydrogens (tertiary/aromatic N) is 2. The van der Waals surface area contributed by atoms with Gasteiger partial charge in [-0.15, -0.1) is 11.3 Å². The maximum Gasteiger partial charge on any atom is 0.115 e. The molecule has 2 aromatic heterocycles. The largest absolute Gasteiger partial charge is 0.383 e. The topological polar surface area (TPSA) is 46.0 Å². The van der Waals surface area contributed by atoms with Crippen LogP contribution in [-0.2, 0) is 0 Å². The quantitative estimate of drug-likeness (QED) is 0.751. The molecule has 0 saturated heterocycles. The summed E-state index contributed by atoms with van der Waals surface area (Å²) in [7, 11) is 0. The van der Waals surface area contributed by atoms with E-state index in [9.17, 15) is 5.11 Å². The van der Waals surface area contributed by atoms with Gasteiger partial charge in [-0.25, -0.2) is 0 Å². The third-order valence-electron chi connectivity index (χ3n) is 2.73. The number of fused-ring (bicyclic) bond motifs is 1. The lowest BCUT2D eigenvalue weighted by atomic mass is 10.0. The molecule has 3 rings (SSSR count). The SMILES string of the molecule is OC(c1cncs1)c1cccc2cnccc12. The molecule has 0 aliphatic heterocycles. The lowest BCUT2D eigenvalue weighted by molar-refractivity contribution is 0.225. The van der Waals surface area contributed by atoms with Gasteiger partial charge < -0.3 is 5.11 Å². The summed E-state index contributed by atoms with van der Waals surface area (Å²) in [6.45, 7) is 0. The van der Waals surface area contributed by atoms with E-state index in [1.54, 1.807) is 24.1 Å². The molecule has 4 heteroatoms. The van der Waals surface area contributed by atoms with E-state index in [1.807, 2.05) is 24.3 Å². The molecular weight excluding hydrogens is 232 g/mol. The molecule has 0 fully saturated rings. The van der Waals surface area contributed by atoms with Gasteiger partial charge in [0.15, 0.2) is 0 Å². The fraction of sp³-hybridized carbons (Fsp3) is 0.0769. The molecule has 0 amide bonds. The highest BCUT2D eigenvalue weighted by atomic mass is 32.1. The second kappa shape index (κ2) is 4.24. The average molecular weight is 242 g/mol. The fourth-order valence-corrected chi connectivity index (χ4v) is 2.52. The number of pyridine rings is 1. The molecule has 2 heterocycles. The molecule has 0 aliphatic rings. The molecular formula is C13H10N2OS. The third kappa shape index (κ3) is 1.81. The maximum absolute atomic E-state index is 10.3. The van der Waals surface area contributed by atoms with Crippen LogP contribution in [0.5, 0.6) is 0 Å². The monoisotopic (exact) mass is 242 g/mol. The van der Waals surface area contributed by atoms with Gasteiger partial charge in [0.25, 0.3) is 0 Å². The van der Waals surface area contributed by atoms with Gasteiger partial charge in [-0.2, -0.15) is 0 Å². The summed E-state index contributed by atoms with van der Waals surface area (Å²) in [6, 6.07) is 7.79. The number of aromatic nitrogens is 2. The van der Waals surface area contributed by atoms with Crippen LogP contribution >= 0.6 is 11.3 Å². The van der Waals surface area contributed by atoms with Crippen LogP contribution in [0.25, 0.3) is 10.8 Å². The first-order valence-electron chi connectivity index (χ1n) is 5.25. The number of aliphatic hydroxyl groups is 1. The molecule has 84 valence electrons. The molecule has 0 saturated carbocycles. The van der Waals surface area contributed by atoms with Crippen LogP contribution < -0.4 is 0 Å². The van der Waals surface area contributed by atoms with Gasteiger partial charge in [0.05, 0.1) is 10.4 Å². The zero-order chi connectivity index (χ0) is 11.7. The summed E-state index contributed by atoms with van der Waals surface area (Å²) in [5.41, 5.74) is 2.62. The van der Waals surface area contributed by atoms with E-state index in [4.69, 9.17) is 0 Å². The summed E-state index contributed by atoms with van der Waals surface area (Å²) in [6.07, 6.45) is 4.63. The molecule has 0 aliphatic carbocycles. The van der Waals surface area contributed by atoms with Crippen molar-refractivity contribution in [2.45, 2.75) is 6.10 Å². The Morgan fingerprint density at radius 2 is 2.06 bits per heavy atom. The zero-order valence-electron chi connectivity index (χ0n) is 8.95. The number of benzene rings is 1. The van der Waals surface area contributed by atoms with Gasteiger partial charge in [0.2, 0.25) is 0 Å². The Bertz CT molecular complexity index is 631. The van der Waals surface area contributed by atoms with E-state index in [2.05, 4.69) is 9.97 Å². The molecule has 0 spiro atoms. The summed E-state index contributed by atoms with van der Waals surface area (Å²) in [5.74, 6) is 0. The van der Waals surface area contributed by atoms with E-state index < -0.39 is 6.10 Å². The number of hydrogen-bond donors (Lipinski definition) is 1. The Kier molecular flexibility index (Phi) is 2.59. The standard InChI is InChI=1S/C13H10N2OS/c16-13(12-7-15-8-17-12)11-3-1-2-9-6-14-5-4-10(9)11/h1-8,13,16H. The van der Waals surface area contributed by atoms with Crippen molar-refractivity contribution >= 4 is 22.1 Å². The molecule has 3 nitrogen and oxygen atoms in total. The van der Waals surface area contributed by atoms with Gasteiger partial charge in [-0.3, -0.25) is 9.97 Å². The predicted molar refractivity (Wildman–Crippen MR) is 67.9 cm³/mol. The molecule has 1 unspecified atom stereocenters. The first-order chi connectivity index (χ1) is 8.36. The molecule has 3 aromatic rings. The highest BCUT2D eigenvalue weighted by Gasteiger charge is 2.14. The second-order valence-corrected chi connectivity index (χ2v) is 4.67. The lowest BCUT2D eigenvalue weighted by Gasteiger charge is -2.11. The second-order valence-electron chi connectivity index (χ2n) is 3.75. The maximum atomic E-state index is 10.3. The Labute approximate surface area is 102 Å². The van der Waals surface area contributed by atoms with E-state index in [1.165, 1.54) is 11.3 Å². The van der Waals surface area contributed by atoms with Gasteiger partial charge in [0.1, 0.15) is 6.10 Å². The van der Waals surface area contributed by atoms with Crippen molar-refractivity contribution in [1.82, 2.24) is 9.97 Å². The molecule has 0 bridgehead atoms. The van der Waals surface area contributed by atoms with Crippen molar-refractivity contribution in [2.24, 2.45) is 0 Å². The normalized spacial score (nSPS) is 12.8. The van der Waals surface area contributed by atoms with Crippen LogP contribution in [0.4, 0.5) is 0 Å². The molecule has 17 heavy (non-hydrogen) atoms. The van der Waals surface area contributed by atoms with Crippen molar-refractivity contribution in [3.05, 3.63) is 58.8 Å². The summed E-state index contributed by atoms with van der Waals surface area (Å²) >= 11 is 1.46. The number of rotatable bonds is 2. The van der Waals surface area contributed by atoms with Crippen LogP contribution in [0.3, 0.4) is 0 Å². The van der Waals surface area contributed by atoms with E-state index in [-0.39, 0.29) is 0 Å². The highest BCUT2D eigenvalue weighted by molar-refractivity contribution is 7.09. The van der Waals surface area contributed by atoms with Gasteiger partial charge >= 0.3 is 0 Å². The van der Waals surface area contributed by atoms with E-state index >= 15 is 0 Å². The van der Waals surface area contributed by atoms with Gasteiger partial charge in [-0.05, 0) is 17.0 Å². The first-order valence-corrected chi connectivity index (χ1v) is 6.13. The molecule has 1 N–H and O–H groups in total. The van der Waals surface area contributed by atoms with Gasteiger partial charge in [-0.1, -0.05) is 18.2 Å². The van der Waals surface area contributed by atoms with Crippen LogP contribution in [0.1, 0.15) is 16.5 Å². The minimum absolute atomic E-state index is 0.617. The first kappa shape index (κ1) is 10.4. The van der Waals surface area contributed by atoms with E-state index in [0.717, 1.165) is 21.2 Å². The lowest BCUT2D eigenvalue weighted by Crippen LogP contribution is -1.98. The average Bonchev–Trinajstić information content (AvgIpc) is 2.91. The van der Waals surface area contributed by atoms with Crippen molar-refractivity contribution in [3.63, 3.8) is 0 Å². The summed E-state index contributed by atoms with van der Waals surface area (Å²) in [4.78, 5) is 8.94. The molecule has 0 radical (unpaired) electrons. The Balaban J connectivity index is 2.17. The molecule has 1 atom stereocenters. The van der Waals surface area contributed by atoms with Crippen molar-refractivity contribution in [3.8, 4) is 0 Å². The number of hydrogen-bond acceptors (Lipinski definition) is 4. The zero-order valence-corrected chi connectivity index (χ0v) is 9.76. The van der Waals surface area contributed by atoms with Gasteiger partial charge in [0, 0.05) is 24.0 Å². The summed E-state index contributed by atoms with van der Waals surface area (Å²) in [5, 5.41) is 12.4. The molecule has 1 aromatic carbocycles.